The molecule has 0 aliphatic carbocycles. The van der Waals surface area contributed by atoms with Crippen LogP contribution in [0.15, 0.2) is 41.7 Å². The van der Waals surface area contributed by atoms with Crippen molar-refractivity contribution in [1.82, 2.24) is 19.9 Å². The molecule has 3 rings (SSSR count). The fraction of sp³-hybridized carbons (Fsp3) is 0.250. The second-order valence-electron chi connectivity index (χ2n) is 6.14. The molecular weight excluding hydrogens is 388 g/mol. The molecule has 0 amide bonds. The predicted octanol–water partition coefficient (Wildman–Crippen LogP) is 4.27. The van der Waals surface area contributed by atoms with E-state index in [2.05, 4.69) is 30.6 Å². The van der Waals surface area contributed by atoms with Gasteiger partial charge in [0.1, 0.15) is 11.4 Å². The highest BCUT2D eigenvalue weighted by Gasteiger charge is 2.16. The zero-order chi connectivity index (χ0) is 20.8. The van der Waals surface area contributed by atoms with Crippen LogP contribution in [0.2, 0.25) is 0 Å². The van der Waals surface area contributed by atoms with E-state index >= 15 is 0 Å². The van der Waals surface area contributed by atoms with Gasteiger partial charge in [0.05, 0.1) is 6.61 Å². The van der Waals surface area contributed by atoms with Gasteiger partial charge < -0.3 is 15.4 Å². The van der Waals surface area contributed by atoms with Crippen molar-refractivity contribution in [2.45, 2.75) is 25.9 Å². The first kappa shape index (κ1) is 20.5. The summed E-state index contributed by atoms with van der Waals surface area (Å²) in [7, 11) is 0. The van der Waals surface area contributed by atoms with Gasteiger partial charge in [0.2, 0.25) is 5.95 Å². The molecular formula is C20H22N6O2S. The fourth-order valence-electron chi connectivity index (χ4n) is 2.64. The number of aryl methyl sites for hydroxylation is 2. The van der Waals surface area contributed by atoms with Crippen LogP contribution in [0.5, 0.6) is 0 Å². The van der Waals surface area contributed by atoms with Gasteiger partial charge in [-0.3, -0.25) is 0 Å². The lowest BCUT2D eigenvalue weighted by Gasteiger charge is -2.12. The van der Waals surface area contributed by atoms with Crippen molar-refractivity contribution in [3.05, 3.63) is 53.5 Å². The number of carbonyl (C=O) groups excluding carboxylic acids is 1. The van der Waals surface area contributed by atoms with Gasteiger partial charge in [-0.1, -0.05) is 17.8 Å². The Labute approximate surface area is 173 Å². The third-order valence-electron chi connectivity index (χ3n) is 3.81. The molecule has 2 N–H and O–H groups in total. The highest BCUT2D eigenvalue weighted by Crippen LogP contribution is 2.25. The summed E-state index contributed by atoms with van der Waals surface area (Å²) < 4.78 is 5.11. The minimum atomic E-state index is -0.472. The first-order valence-electron chi connectivity index (χ1n) is 9.03. The summed E-state index contributed by atoms with van der Waals surface area (Å²) in [4.78, 5) is 29.6. The third-order valence-corrected chi connectivity index (χ3v) is 4.37. The number of esters is 1. The van der Waals surface area contributed by atoms with E-state index < -0.39 is 5.97 Å². The number of rotatable bonds is 7. The molecule has 0 saturated heterocycles. The third kappa shape index (κ3) is 5.41. The Morgan fingerprint density at radius 1 is 1.07 bits per heavy atom. The maximum absolute atomic E-state index is 12.2. The monoisotopic (exact) mass is 410 g/mol. The zero-order valence-electron chi connectivity index (χ0n) is 16.7. The number of ether oxygens (including phenoxy) is 1. The molecule has 0 atom stereocenters. The largest absolute Gasteiger partial charge is 0.462 e. The second-order valence-corrected chi connectivity index (χ2v) is 6.92. The van der Waals surface area contributed by atoms with Gasteiger partial charge in [0.25, 0.3) is 0 Å². The van der Waals surface area contributed by atoms with Crippen LogP contribution in [0.1, 0.15) is 28.7 Å². The molecule has 2 aromatic heterocycles. The molecule has 3 aromatic rings. The van der Waals surface area contributed by atoms with E-state index in [0.29, 0.717) is 16.9 Å². The molecule has 0 fully saturated rings. The van der Waals surface area contributed by atoms with Crippen LogP contribution in [0, 0.1) is 13.8 Å². The first-order valence-corrected chi connectivity index (χ1v) is 10.3. The number of hydrogen-bond acceptors (Lipinski definition) is 9. The molecule has 2 heterocycles. The van der Waals surface area contributed by atoms with E-state index in [1.807, 2.05) is 50.4 Å². The van der Waals surface area contributed by atoms with Gasteiger partial charge in [-0.2, -0.15) is 0 Å². The Hall–Kier alpha value is -3.20. The minimum Gasteiger partial charge on any atom is -0.462 e. The molecule has 0 aliphatic heterocycles. The van der Waals surface area contributed by atoms with Gasteiger partial charge >= 0.3 is 5.97 Å². The van der Waals surface area contributed by atoms with Crippen LogP contribution in [-0.2, 0) is 4.74 Å². The van der Waals surface area contributed by atoms with Crippen molar-refractivity contribution in [1.29, 1.82) is 0 Å². The Kier molecular flexibility index (Phi) is 6.61. The van der Waals surface area contributed by atoms with Crippen LogP contribution in [0.3, 0.4) is 0 Å². The molecule has 0 aliphatic rings. The number of nitrogens with one attached hydrogen (secondary N) is 2. The van der Waals surface area contributed by atoms with Gasteiger partial charge in [0, 0.05) is 29.0 Å². The lowest BCUT2D eigenvalue weighted by Crippen LogP contribution is -2.11. The van der Waals surface area contributed by atoms with Gasteiger partial charge in [-0.25, -0.2) is 24.7 Å². The molecule has 0 unspecified atom stereocenters. The SMILES string of the molecule is CCOC(=O)c1cnc(SC)nc1Nc1cccc(Nc2nc(C)cc(C)n2)c1. The number of thioether (sulfide) groups is 1. The molecule has 0 spiro atoms. The lowest BCUT2D eigenvalue weighted by atomic mass is 10.2. The number of hydrogen-bond donors (Lipinski definition) is 2. The van der Waals surface area contributed by atoms with Crippen molar-refractivity contribution >= 4 is 40.9 Å². The molecule has 0 radical (unpaired) electrons. The predicted molar refractivity (Wildman–Crippen MR) is 114 cm³/mol. The molecule has 1 aromatic carbocycles. The smallest absolute Gasteiger partial charge is 0.343 e. The summed E-state index contributed by atoms with van der Waals surface area (Å²) in [6.07, 6.45) is 3.35. The van der Waals surface area contributed by atoms with E-state index in [1.165, 1.54) is 18.0 Å². The maximum atomic E-state index is 12.2. The van der Waals surface area contributed by atoms with Crippen LogP contribution in [0.25, 0.3) is 0 Å². The molecule has 0 bridgehead atoms. The topological polar surface area (TPSA) is 102 Å². The fourth-order valence-corrected chi connectivity index (χ4v) is 2.98. The quantitative estimate of drug-likeness (QED) is 0.336. The van der Waals surface area contributed by atoms with E-state index in [9.17, 15) is 4.79 Å². The minimum absolute atomic E-state index is 0.276. The molecule has 9 heteroatoms. The molecule has 29 heavy (non-hydrogen) atoms. The summed E-state index contributed by atoms with van der Waals surface area (Å²) >= 11 is 1.39. The first-order chi connectivity index (χ1) is 14.0. The standard InChI is InChI=1S/C20H22N6O2S/c1-5-28-18(27)16-11-21-20(29-4)26-17(16)24-14-7-6-8-15(10-14)25-19-22-12(2)9-13(3)23-19/h6-11H,5H2,1-4H3,(H,21,24,26)(H,22,23,25). The van der Waals surface area contributed by atoms with E-state index in [1.54, 1.807) is 6.92 Å². The van der Waals surface area contributed by atoms with E-state index in [4.69, 9.17) is 4.74 Å². The maximum Gasteiger partial charge on any atom is 0.343 e. The number of aromatic nitrogens is 4. The Bertz CT molecular complexity index is 1010. The second kappa shape index (κ2) is 9.33. The Balaban J connectivity index is 1.87. The highest BCUT2D eigenvalue weighted by molar-refractivity contribution is 7.98. The van der Waals surface area contributed by atoms with Gasteiger partial charge in [-0.05, 0) is 51.3 Å². The Morgan fingerprint density at radius 3 is 2.41 bits per heavy atom. The van der Waals surface area contributed by atoms with Crippen molar-refractivity contribution in [2.75, 3.05) is 23.5 Å². The average Bonchev–Trinajstić information content (AvgIpc) is 2.67. The van der Waals surface area contributed by atoms with Crippen molar-refractivity contribution in [2.24, 2.45) is 0 Å². The van der Waals surface area contributed by atoms with Crippen LogP contribution < -0.4 is 10.6 Å². The van der Waals surface area contributed by atoms with E-state index in [0.717, 1.165) is 22.8 Å². The molecule has 0 saturated carbocycles. The van der Waals surface area contributed by atoms with Crippen LogP contribution in [0.4, 0.5) is 23.1 Å². The van der Waals surface area contributed by atoms with Crippen molar-refractivity contribution < 1.29 is 9.53 Å². The Morgan fingerprint density at radius 2 is 1.76 bits per heavy atom. The normalized spacial score (nSPS) is 10.5. The van der Waals surface area contributed by atoms with E-state index in [-0.39, 0.29) is 12.2 Å². The summed E-state index contributed by atoms with van der Waals surface area (Å²) in [6, 6.07) is 9.47. The number of nitrogens with zero attached hydrogens (tertiary/aromatic N) is 4. The summed E-state index contributed by atoms with van der Waals surface area (Å²) in [6.45, 7) is 5.88. The van der Waals surface area contributed by atoms with Crippen molar-refractivity contribution in [3.63, 3.8) is 0 Å². The van der Waals surface area contributed by atoms with Crippen LogP contribution >= 0.6 is 11.8 Å². The summed E-state index contributed by atoms with van der Waals surface area (Å²) in [5.41, 5.74) is 3.60. The summed E-state index contributed by atoms with van der Waals surface area (Å²) in [5.74, 6) is 0.446. The average molecular weight is 411 g/mol. The van der Waals surface area contributed by atoms with Crippen molar-refractivity contribution in [3.8, 4) is 0 Å². The number of benzene rings is 1. The summed E-state index contributed by atoms with van der Waals surface area (Å²) in [5, 5.41) is 6.94. The zero-order valence-corrected chi connectivity index (χ0v) is 17.5. The number of carbonyl (C=O) groups is 1. The van der Waals surface area contributed by atoms with Gasteiger partial charge in [-0.15, -0.1) is 0 Å². The lowest BCUT2D eigenvalue weighted by molar-refractivity contribution is 0.0526. The van der Waals surface area contributed by atoms with Gasteiger partial charge in [0.15, 0.2) is 5.16 Å². The molecule has 150 valence electrons. The number of anilines is 4. The molecule has 8 nitrogen and oxygen atoms in total. The highest BCUT2D eigenvalue weighted by atomic mass is 32.2. The van der Waals surface area contributed by atoms with Crippen LogP contribution in [-0.4, -0.2) is 38.8 Å².